The van der Waals surface area contributed by atoms with Crippen molar-refractivity contribution in [1.82, 2.24) is 0 Å². The van der Waals surface area contributed by atoms with E-state index in [-0.39, 0.29) is 11.9 Å². The van der Waals surface area contributed by atoms with E-state index in [1.54, 1.807) is 0 Å². The van der Waals surface area contributed by atoms with Crippen LogP contribution in [-0.4, -0.2) is 20.0 Å². The maximum Gasteiger partial charge on any atom is 0.534 e. The number of ether oxygens (including phenoxy) is 1. The second-order valence-electron chi connectivity index (χ2n) is 5.20. The number of allylic oxidation sites excluding steroid dienone is 1. The standard InChI is InChI=1S/C15H17F3O4S/c1-3-13-12(10(2)22-23(19,20)15(16,17)18)9-14(21-13)11-7-5-4-6-8-11/h4-8,13-14H,3,9H2,1-2H3/t13-,14-/m0/s1. The summed E-state index contributed by atoms with van der Waals surface area (Å²) >= 11 is 0. The van der Waals surface area contributed by atoms with Gasteiger partial charge in [0.2, 0.25) is 0 Å². The molecule has 0 radical (unpaired) electrons. The largest absolute Gasteiger partial charge is 0.534 e. The summed E-state index contributed by atoms with van der Waals surface area (Å²) in [5.41, 5.74) is -4.13. The lowest BCUT2D eigenvalue weighted by Crippen LogP contribution is -2.25. The summed E-state index contributed by atoms with van der Waals surface area (Å²) in [6.07, 6.45) is -0.000366. The number of hydrogen-bond acceptors (Lipinski definition) is 4. The Morgan fingerprint density at radius 2 is 1.91 bits per heavy atom. The van der Waals surface area contributed by atoms with E-state index in [9.17, 15) is 21.6 Å². The molecule has 0 spiro atoms. The molecule has 8 heteroatoms. The maximum atomic E-state index is 12.4. The summed E-state index contributed by atoms with van der Waals surface area (Å²) in [6, 6.07) is 9.21. The van der Waals surface area contributed by atoms with Gasteiger partial charge in [0.1, 0.15) is 5.76 Å². The van der Waals surface area contributed by atoms with Gasteiger partial charge in [-0.25, -0.2) is 0 Å². The highest BCUT2D eigenvalue weighted by Gasteiger charge is 2.49. The zero-order valence-electron chi connectivity index (χ0n) is 12.6. The Kier molecular flexibility index (Phi) is 5.05. The molecule has 1 aromatic rings. The molecular formula is C15H17F3O4S. The first-order chi connectivity index (χ1) is 10.7. The van der Waals surface area contributed by atoms with Crippen LogP contribution in [0.15, 0.2) is 41.7 Å². The van der Waals surface area contributed by atoms with Crippen molar-refractivity contribution >= 4 is 10.1 Å². The van der Waals surface area contributed by atoms with Gasteiger partial charge in [0.05, 0.1) is 12.2 Å². The lowest BCUT2D eigenvalue weighted by Gasteiger charge is -2.14. The molecule has 0 saturated carbocycles. The van der Waals surface area contributed by atoms with Crippen molar-refractivity contribution in [3.05, 3.63) is 47.2 Å². The first-order valence-electron chi connectivity index (χ1n) is 7.06. The number of rotatable bonds is 4. The minimum absolute atomic E-state index is 0.271. The zero-order chi connectivity index (χ0) is 17.3. The van der Waals surface area contributed by atoms with Crippen molar-refractivity contribution in [3.8, 4) is 0 Å². The maximum absolute atomic E-state index is 12.4. The molecule has 128 valence electrons. The van der Waals surface area contributed by atoms with Crippen LogP contribution in [0.2, 0.25) is 0 Å². The molecule has 0 unspecified atom stereocenters. The van der Waals surface area contributed by atoms with E-state index in [4.69, 9.17) is 4.74 Å². The normalized spacial score (nSPS) is 24.6. The Labute approximate surface area is 133 Å². The van der Waals surface area contributed by atoms with Gasteiger partial charge < -0.3 is 8.92 Å². The SMILES string of the molecule is CC[C@@H]1O[C@H](c2ccccc2)CC1=C(C)OS(=O)(=O)C(F)(F)F. The molecule has 0 aromatic heterocycles. The molecule has 4 nitrogen and oxygen atoms in total. The number of benzene rings is 1. The lowest BCUT2D eigenvalue weighted by molar-refractivity contribution is -0.0522. The highest BCUT2D eigenvalue weighted by atomic mass is 32.2. The third-order valence-electron chi connectivity index (χ3n) is 3.64. The third-order valence-corrected chi connectivity index (χ3v) is 4.67. The summed E-state index contributed by atoms with van der Waals surface area (Å²) in [7, 11) is -5.66. The summed E-state index contributed by atoms with van der Waals surface area (Å²) < 4.78 is 69.7. The quantitative estimate of drug-likeness (QED) is 0.467. The molecule has 1 aromatic carbocycles. The van der Waals surface area contributed by atoms with Crippen LogP contribution in [0.3, 0.4) is 0 Å². The Hall–Kier alpha value is -1.54. The average Bonchev–Trinajstić information content (AvgIpc) is 2.91. The van der Waals surface area contributed by atoms with Crippen molar-refractivity contribution in [1.29, 1.82) is 0 Å². The Morgan fingerprint density at radius 1 is 1.30 bits per heavy atom. The van der Waals surface area contributed by atoms with E-state index in [0.29, 0.717) is 18.4 Å². The predicted molar refractivity (Wildman–Crippen MR) is 77.7 cm³/mol. The van der Waals surface area contributed by atoms with Crippen molar-refractivity contribution in [2.24, 2.45) is 0 Å². The fourth-order valence-corrected chi connectivity index (χ4v) is 3.03. The highest BCUT2D eigenvalue weighted by Crippen LogP contribution is 2.40. The van der Waals surface area contributed by atoms with Crippen LogP contribution in [0.1, 0.15) is 38.4 Å². The summed E-state index contributed by atoms with van der Waals surface area (Å²) in [5.74, 6) is -0.271. The van der Waals surface area contributed by atoms with Gasteiger partial charge in [-0.1, -0.05) is 37.3 Å². The van der Waals surface area contributed by atoms with Crippen LogP contribution < -0.4 is 0 Å². The fourth-order valence-electron chi connectivity index (χ4n) is 2.50. The van der Waals surface area contributed by atoms with E-state index >= 15 is 0 Å². The Morgan fingerprint density at radius 3 is 2.43 bits per heavy atom. The molecular weight excluding hydrogens is 333 g/mol. The molecule has 1 aliphatic heterocycles. The van der Waals surface area contributed by atoms with Crippen LogP contribution >= 0.6 is 0 Å². The predicted octanol–water partition coefficient (Wildman–Crippen LogP) is 4.07. The van der Waals surface area contributed by atoms with Crippen molar-refractivity contribution < 1.29 is 30.5 Å². The van der Waals surface area contributed by atoms with Crippen molar-refractivity contribution in [2.75, 3.05) is 0 Å². The monoisotopic (exact) mass is 350 g/mol. The Balaban J connectivity index is 2.27. The smallest absolute Gasteiger partial charge is 0.381 e. The topological polar surface area (TPSA) is 52.6 Å². The molecule has 0 amide bonds. The number of hydrogen-bond donors (Lipinski definition) is 0. The van der Waals surface area contributed by atoms with Crippen LogP contribution in [0.4, 0.5) is 13.2 Å². The van der Waals surface area contributed by atoms with E-state index in [1.165, 1.54) is 6.92 Å². The minimum Gasteiger partial charge on any atom is -0.381 e. The second-order valence-corrected chi connectivity index (χ2v) is 6.74. The van der Waals surface area contributed by atoms with Gasteiger partial charge in [-0.2, -0.15) is 21.6 Å². The van der Waals surface area contributed by atoms with Gasteiger partial charge in [-0.15, -0.1) is 0 Å². The third kappa shape index (κ3) is 3.87. The van der Waals surface area contributed by atoms with Crippen LogP contribution in [0.5, 0.6) is 0 Å². The van der Waals surface area contributed by atoms with Gasteiger partial charge in [0.15, 0.2) is 0 Å². The van der Waals surface area contributed by atoms with E-state index < -0.39 is 21.7 Å². The van der Waals surface area contributed by atoms with Crippen LogP contribution in [0.25, 0.3) is 0 Å². The van der Waals surface area contributed by atoms with Gasteiger partial charge in [-0.3, -0.25) is 0 Å². The molecule has 0 bridgehead atoms. The Bertz CT molecular complexity index is 680. The number of halogens is 3. The summed E-state index contributed by atoms with van der Waals surface area (Å²) in [6.45, 7) is 3.03. The minimum atomic E-state index is -5.66. The van der Waals surface area contributed by atoms with Crippen molar-refractivity contribution in [3.63, 3.8) is 0 Å². The molecule has 2 atom stereocenters. The molecule has 0 aliphatic carbocycles. The first-order valence-corrected chi connectivity index (χ1v) is 8.47. The molecule has 1 saturated heterocycles. The summed E-state index contributed by atoms with van der Waals surface area (Å²) in [5, 5.41) is 0. The highest BCUT2D eigenvalue weighted by molar-refractivity contribution is 7.87. The van der Waals surface area contributed by atoms with Gasteiger partial charge >= 0.3 is 15.6 Å². The molecule has 1 heterocycles. The molecule has 23 heavy (non-hydrogen) atoms. The van der Waals surface area contributed by atoms with Crippen molar-refractivity contribution in [2.45, 2.75) is 44.4 Å². The number of alkyl halides is 3. The average molecular weight is 350 g/mol. The fraction of sp³-hybridized carbons (Fsp3) is 0.467. The van der Waals surface area contributed by atoms with Gasteiger partial charge in [-0.05, 0) is 18.9 Å². The van der Waals surface area contributed by atoms with E-state index in [1.807, 2.05) is 37.3 Å². The van der Waals surface area contributed by atoms with Crippen LogP contribution in [0, 0.1) is 0 Å². The zero-order valence-corrected chi connectivity index (χ0v) is 13.4. The van der Waals surface area contributed by atoms with E-state index in [0.717, 1.165) is 5.56 Å². The molecule has 2 rings (SSSR count). The second kappa shape index (κ2) is 6.52. The molecule has 0 N–H and O–H groups in total. The van der Waals surface area contributed by atoms with Gasteiger partial charge in [0.25, 0.3) is 0 Å². The summed E-state index contributed by atoms with van der Waals surface area (Å²) in [4.78, 5) is 0. The van der Waals surface area contributed by atoms with Crippen LogP contribution in [-0.2, 0) is 19.0 Å². The lowest BCUT2D eigenvalue weighted by atomic mass is 10.0. The van der Waals surface area contributed by atoms with Gasteiger partial charge in [0, 0.05) is 12.0 Å². The molecule has 1 aliphatic rings. The first kappa shape index (κ1) is 17.8. The molecule has 1 fully saturated rings. The van der Waals surface area contributed by atoms with E-state index in [2.05, 4.69) is 4.18 Å².